The molecule has 3 nitrogen and oxygen atoms in total. The first-order valence-corrected chi connectivity index (χ1v) is 6.68. The maximum atomic E-state index is 10.6. The Balaban J connectivity index is 2.57. The van der Waals surface area contributed by atoms with Crippen LogP contribution in [-0.4, -0.2) is 42.9 Å². The number of hydrogen-bond donors (Lipinski definition) is 1. The summed E-state index contributed by atoms with van der Waals surface area (Å²) in [5.41, 5.74) is 0.142. The van der Waals surface area contributed by atoms with Crippen LogP contribution in [0.25, 0.3) is 0 Å². The van der Waals surface area contributed by atoms with E-state index in [9.17, 15) is 5.11 Å². The first-order valence-electron chi connectivity index (χ1n) is 6.68. The van der Waals surface area contributed by atoms with E-state index in [1.807, 2.05) is 44.2 Å². The standard InChI is InChI=1S/C15H25NO2/c1-4-16(11-12-18-5-2)13-15(3,17)14-9-7-6-8-10-14/h6-10,17H,4-5,11-13H2,1-3H3. The van der Waals surface area contributed by atoms with Gasteiger partial charge in [-0.1, -0.05) is 37.3 Å². The zero-order valence-corrected chi connectivity index (χ0v) is 11.7. The second-order valence-electron chi connectivity index (χ2n) is 4.71. The van der Waals surface area contributed by atoms with Gasteiger partial charge in [-0.15, -0.1) is 0 Å². The van der Waals surface area contributed by atoms with Crippen molar-refractivity contribution in [3.05, 3.63) is 35.9 Å². The first kappa shape index (κ1) is 15.2. The molecule has 0 aliphatic rings. The van der Waals surface area contributed by atoms with E-state index in [0.717, 1.165) is 31.9 Å². The van der Waals surface area contributed by atoms with Crippen molar-refractivity contribution in [2.24, 2.45) is 0 Å². The van der Waals surface area contributed by atoms with Crippen LogP contribution < -0.4 is 0 Å². The normalized spacial score (nSPS) is 14.7. The van der Waals surface area contributed by atoms with Gasteiger partial charge < -0.3 is 9.84 Å². The molecular weight excluding hydrogens is 226 g/mol. The fourth-order valence-electron chi connectivity index (χ4n) is 2.01. The van der Waals surface area contributed by atoms with Crippen molar-refractivity contribution in [2.75, 3.05) is 32.8 Å². The van der Waals surface area contributed by atoms with Gasteiger partial charge in [-0.3, -0.25) is 4.90 Å². The van der Waals surface area contributed by atoms with Crippen molar-refractivity contribution < 1.29 is 9.84 Å². The van der Waals surface area contributed by atoms with E-state index in [1.165, 1.54) is 0 Å². The molecule has 1 atom stereocenters. The van der Waals surface area contributed by atoms with Crippen molar-refractivity contribution in [3.8, 4) is 0 Å². The molecule has 0 fully saturated rings. The third-order valence-electron chi connectivity index (χ3n) is 3.13. The highest BCUT2D eigenvalue weighted by atomic mass is 16.5. The largest absolute Gasteiger partial charge is 0.384 e. The number of aliphatic hydroxyl groups is 1. The van der Waals surface area contributed by atoms with Crippen LogP contribution in [0.5, 0.6) is 0 Å². The van der Waals surface area contributed by atoms with E-state index in [0.29, 0.717) is 6.54 Å². The molecule has 1 aromatic rings. The summed E-state index contributed by atoms with van der Waals surface area (Å²) in [7, 11) is 0. The van der Waals surface area contributed by atoms with Crippen molar-refractivity contribution in [1.29, 1.82) is 0 Å². The minimum atomic E-state index is -0.816. The van der Waals surface area contributed by atoms with Crippen molar-refractivity contribution in [3.63, 3.8) is 0 Å². The summed E-state index contributed by atoms with van der Waals surface area (Å²) in [6.45, 7) is 9.82. The predicted octanol–water partition coefficient (Wildman–Crippen LogP) is 2.25. The summed E-state index contributed by atoms with van der Waals surface area (Å²) in [6.07, 6.45) is 0. The van der Waals surface area contributed by atoms with Crippen molar-refractivity contribution >= 4 is 0 Å². The molecule has 1 N–H and O–H groups in total. The van der Waals surface area contributed by atoms with Crippen LogP contribution in [0.2, 0.25) is 0 Å². The molecule has 1 unspecified atom stereocenters. The van der Waals surface area contributed by atoms with Gasteiger partial charge in [-0.25, -0.2) is 0 Å². The Bertz CT molecular complexity index is 325. The Morgan fingerprint density at radius 2 is 1.89 bits per heavy atom. The second kappa shape index (κ2) is 7.52. The van der Waals surface area contributed by atoms with E-state index < -0.39 is 5.60 Å². The van der Waals surface area contributed by atoms with Gasteiger partial charge in [-0.05, 0) is 26.0 Å². The van der Waals surface area contributed by atoms with Gasteiger partial charge in [-0.2, -0.15) is 0 Å². The molecule has 1 rings (SSSR count). The molecule has 0 heterocycles. The average molecular weight is 251 g/mol. The molecule has 1 aromatic carbocycles. The lowest BCUT2D eigenvalue weighted by Gasteiger charge is -2.31. The van der Waals surface area contributed by atoms with Crippen LogP contribution in [0.4, 0.5) is 0 Å². The third-order valence-corrected chi connectivity index (χ3v) is 3.13. The average Bonchev–Trinajstić information content (AvgIpc) is 2.38. The Labute approximate surface area is 110 Å². The molecule has 18 heavy (non-hydrogen) atoms. The third kappa shape index (κ3) is 4.77. The molecule has 0 saturated heterocycles. The smallest absolute Gasteiger partial charge is 0.0994 e. The van der Waals surface area contributed by atoms with Crippen LogP contribution in [-0.2, 0) is 10.3 Å². The lowest BCUT2D eigenvalue weighted by molar-refractivity contribution is 0.00825. The van der Waals surface area contributed by atoms with Gasteiger partial charge in [0.15, 0.2) is 0 Å². The Hall–Kier alpha value is -0.900. The summed E-state index contributed by atoms with van der Waals surface area (Å²) < 4.78 is 5.36. The van der Waals surface area contributed by atoms with Crippen LogP contribution in [0.1, 0.15) is 26.3 Å². The van der Waals surface area contributed by atoms with Crippen LogP contribution >= 0.6 is 0 Å². The highest BCUT2D eigenvalue weighted by Crippen LogP contribution is 2.21. The topological polar surface area (TPSA) is 32.7 Å². The zero-order valence-electron chi connectivity index (χ0n) is 11.7. The van der Waals surface area contributed by atoms with Gasteiger partial charge in [0.1, 0.15) is 0 Å². The zero-order chi connectivity index (χ0) is 13.4. The summed E-state index contributed by atoms with van der Waals surface area (Å²) >= 11 is 0. The molecule has 0 aliphatic heterocycles. The van der Waals surface area contributed by atoms with Crippen LogP contribution in [0, 0.1) is 0 Å². The quantitative estimate of drug-likeness (QED) is 0.719. The number of ether oxygens (including phenoxy) is 1. The number of hydrogen-bond acceptors (Lipinski definition) is 3. The molecule has 0 aromatic heterocycles. The van der Waals surface area contributed by atoms with E-state index in [-0.39, 0.29) is 0 Å². The summed E-state index contributed by atoms with van der Waals surface area (Å²) in [6, 6.07) is 9.82. The number of nitrogens with zero attached hydrogens (tertiary/aromatic N) is 1. The van der Waals surface area contributed by atoms with Gasteiger partial charge in [0, 0.05) is 19.7 Å². The second-order valence-corrected chi connectivity index (χ2v) is 4.71. The number of likely N-dealkylation sites (N-methyl/N-ethyl adjacent to an activating group) is 1. The molecule has 0 spiro atoms. The highest BCUT2D eigenvalue weighted by molar-refractivity contribution is 5.21. The van der Waals surface area contributed by atoms with Crippen LogP contribution in [0.15, 0.2) is 30.3 Å². The summed E-state index contributed by atoms with van der Waals surface area (Å²) in [5.74, 6) is 0. The fourth-order valence-corrected chi connectivity index (χ4v) is 2.01. The molecule has 0 bridgehead atoms. The molecule has 102 valence electrons. The Morgan fingerprint density at radius 3 is 2.44 bits per heavy atom. The lowest BCUT2D eigenvalue weighted by Crippen LogP contribution is -2.40. The van der Waals surface area contributed by atoms with Crippen LogP contribution in [0.3, 0.4) is 0 Å². The van der Waals surface area contributed by atoms with Crippen molar-refractivity contribution in [1.82, 2.24) is 4.90 Å². The SMILES string of the molecule is CCOCCN(CC)CC(C)(O)c1ccccc1. The van der Waals surface area contributed by atoms with Gasteiger partial charge in [0.2, 0.25) is 0 Å². The number of benzene rings is 1. The van der Waals surface area contributed by atoms with Gasteiger partial charge in [0.25, 0.3) is 0 Å². The maximum Gasteiger partial charge on any atom is 0.0994 e. The van der Waals surface area contributed by atoms with E-state index in [1.54, 1.807) is 0 Å². The Kier molecular flexibility index (Phi) is 6.33. The number of rotatable bonds is 8. The van der Waals surface area contributed by atoms with E-state index in [4.69, 9.17) is 4.74 Å². The molecule has 0 aliphatic carbocycles. The predicted molar refractivity (Wildman–Crippen MR) is 74.6 cm³/mol. The van der Waals surface area contributed by atoms with E-state index in [2.05, 4.69) is 11.8 Å². The molecule has 0 radical (unpaired) electrons. The van der Waals surface area contributed by atoms with E-state index >= 15 is 0 Å². The Morgan fingerprint density at radius 1 is 1.22 bits per heavy atom. The molecular formula is C15H25NO2. The van der Waals surface area contributed by atoms with Gasteiger partial charge >= 0.3 is 0 Å². The fraction of sp³-hybridized carbons (Fsp3) is 0.600. The van der Waals surface area contributed by atoms with Gasteiger partial charge in [0.05, 0.1) is 12.2 Å². The summed E-state index contributed by atoms with van der Waals surface area (Å²) in [4.78, 5) is 2.21. The first-order chi connectivity index (χ1) is 8.60. The molecule has 0 saturated carbocycles. The lowest BCUT2D eigenvalue weighted by atomic mass is 9.95. The summed E-state index contributed by atoms with van der Waals surface area (Å²) in [5, 5.41) is 10.6. The molecule has 3 heteroatoms. The minimum Gasteiger partial charge on any atom is -0.384 e. The van der Waals surface area contributed by atoms with Crippen molar-refractivity contribution in [2.45, 2.75) is 26.4 Å². The highest BCUT2D eigenvalue weighted by Gasteiger charge is 2.25. The molecule has 0 amide bonds. The minimum absolute atomic E-state index is 0.626. The maximum absolute atomic E-state index is 10.6. The monoisotopic (exact) mass is 251 g/mol.